The second-order valence-electron chi connectivity index (χ2n) is 6.58. The minimum atomic E-state index is -0.863. The number of carbonyl (C=O) groups excluding carboxylic acids is 2. The van der Waals surface area contributed by atoms with Gasteiger partial charge in [-0.05, 0) is 37.1 Å². The van der Waals surface area contributed by atoms with E-state index in [-0.39, 0.29) is 18.3 Å². The van der Waals surface area contributed by atoms with Gasteiger partial charge in [-0.2, -0.15) is 4.98 Å². The summed E-state index contributed by atoms with van der Waals surface area (Å²) < 4.78 is 5.19. The first-order chi connectivity index (χ1) is 11.4. The summed E-state index contributed by atoms with van der Waals surface area (Å²) in [7, 11) is 0. The molecule has 1 aliphatic rings. The molecule has 3 amide bonds. The Balaban J connectivity index is 1.71. The van der Waals surface area contributed by atoms with Crippen molar-refractivity contribution in [2.24, 2.45) is 5.92 Å². The predicted octanol–water partition coefficient (Wildman–Crippen LogP) is 3.04. The second-order valence-corrected chi connectivity index (χ2v) is 7.52. The Morgan fingerprint density at radius 3 is 2.88 bits per heavy atom. The summed E-state index contributed by atoms with van der Waals surface area (Å²) in [5.41, 5.74) is -0.863. The minimum Gasteiger partial charge on any atom is -0.337 e. The van der Waals surface area contributed by atoms with Crippen LogP contribution in [0, 0.1) is 5.92 Å². The fourth-order valence-corrected chi connectivity index (χ4v) is 3.25. The molecule has 0 radical (unpaired) electrons. The van der Waals surface area contributed by atoms with Crippen LogP contribution in [0.2, 0.25) is 0 Å². The lowest BCUT2D eigenvalue weighted by Crippen LogP contribution is -2.44. The average molecular weight is 348 g/mol. The number of nitrogens with one attached hydrogen (secondary N) is 1. The Hall–Kier alpha value is -2.22. The van der Waals surface area contributed by atoms with Crippen molar-refractivity contribution in [3.8, 4) is 10.7 Å². The Bertz CT molecular complexity index is 740. The third kappa shape index (κ3) is 3.19. The van der Waals surface area contributed by atoms with Gasteiger partial charge in [0, 0.05) is 0 Å². The Morgan fingerprint density at radius 1 is 1.42 bits per heavy atom. The van der Waals surface area contributed by atoms with Gasteiger partial charge in [-0.1, -0.05) is 25.1 Å². The summed E-state index contributed by atoms with van der Waals surface area (Å²) in [6.45, 7) is 5.93. The molecule has 2 aromatic rings. The molecule has 1 N–H and O–H groups in total. The average Bonchev–Trinajstić information content (AvgIpc) is 3.23. The van der Waals surface area contributed by atoms with Gasteiger partial charge >= 0.3 is 6.03 Å². The number of thiophene rings is 1. The van der Waals surface area contributed by atoms with Gasteiger partial charge in [-0.15, -0.1) is 11.3 Å². The first-order valence-corrected chi connectivity index (χ1v) is 8.77. The van der Waals surface area contributed by atoms with Crippen LogP contribution >= 0.6 is 11.3 Å². The zero-order valence-electron chi connectivity index (χ0n) is 13.9. The molecule has 8 heteroatoms. The van der Waals surface area contributed by atoms with Gasteiger partial charge in [0.2, 0.25) is 11.7 Å². The van der Waals surface area contributed by atoms with Crippen LogP contribution in [0.25, 0.3) is 10.7 Å². The molecule has 0 aliphatic carbocycles. The highest BCUT2D eigenvalue weighted by molar-refractivity contribution is 7.13. The molecule has 3 rings (SSSR count). The van der Waals surface area contributed by atoms with Crippen molar-refractivity contribution < 1.29 is 14.1 Å². The number of nitrogens with zero attached hydrogens (tertiary/aromatic N) is 3. The van der Waals surface area contributed by atoms with E-state index in [2.05, 4.69) is 29.3 Å². The number of rotatable bonds is 6. The summed E-state index contributed by atoms with van der Waals surface area (Å²) in [5.74, 6) is 0.929. The summed E-state index contributed by atoms with van der Waals surface area (Å²) in [5, 5.41) is 8.61. The van der Waals surface area contributed by atoms with Crippen LogP contribution in [-0.4, -0.2) is 32.5 Å². The normalized spacial score (nSPS) is 20.9. The molecule has 0 bridgehead atoms. The maximum atomic E-state index is 12.6. The van der Waals surface area contributed by atoms with Crippen LogP contribution in [0.3, 0.4) is 0 Å². The summed E-state index contributed by atoms with van der Waals surface area (Å²) >= 11 is 1.50. The lowest BCUT2D eigenvalue weighted by molar-refractivity contribution is -0.131. The van der Waals surface area contributed by atoms with Gasteiger partial charge in [-0.3, -0.25) is 9.69 Å². The molecule has 24 heavy (non-hydrogen) atoms. The van der Waals surface area contributed by atoms with E-state index in [0.29, 0.717) is 18.2 Å². The Labute approximate surface area is 144 Å². The van der Waals surface area contributed by atoms with Crippen molar-refractivity contribution >= 4 is 23.3 Å². The number of imide groups is 1. The zero-order valence-corrected chi connectivity index (χ0v) is 14.7. The zero-order chi connectivity index (χ0) is 17.3. The lowest BCUT2D eigenvalue weighted by Gasteiger charge is -2.22. The van der Waals surface area contributed by atoms with Gasteiger partial charge < -0.3 is 9.84 Å². The highest BCUT2D eigenvalue weighted by Gasteiger charge is 2.47. The standard InChI is InChI=1S/C16H20N4O3S/c1-10(2)6-7-16(3)14(21)20(15(22)18-16)9-12-17-13(19-23-12)11-5-4-8-24-11/h4-5,8,10H,6-7,9H2,1-3H3,(H,18,22)/t16-/m0/s1. The molecule has 7 nitrogen and oxygen atoms in total. The van der Waals surface area contributed by atoms with Gasteiger partial charge in [0.25, 0.3) is 5.91 Å². The third-order valence-corrected chi connectivity index (χ3v) is 4.94. The second kappa shape index (κ2) is 6.35. The molecule has 1 fully saturated rings. The molecule has 0 unspecified atom stereocenters. The minimum absolute atomic E-state index is 0.0136. The van der Waals surface area contributed by atoms with Crippen LogP contribution in [0.1, 0.15) is 39.5 Å². The van der Waals surface area contributed by atoms with E-state index in [4.69, 9.17) is 4.52 Å². The maximum Gasteiger partial charge on any atom is 0.325 e. The molecule has 0 aromatic carbocycles. The number of hydrogen-bond donors (Lipinski definition) is 1. The van der Waals surface area contributed by atoms with Crippen LogP contribution in [-0.2, 0) is 11.3 Å². The van der Waals surface area contributed by atoms with Crippen molar-refractivity contribution in [1.82, 2.24) is 20.4 Å². The number of urea groups is 1. The van der Waals surface area contributed by atoms with E-state index < -0.39 is 11.6 Å². The summed E-state index contributed by atoms with van der Waals surface area (Å²) in [6, 6.07) is 3.37. The van der Waals surface area contributed by atoms with Crippen molar-refractivity contribution in [3.05, 3.63) is 23.4 Å². The maximum absolute atomic E-state index is 12.6. The Morgan fingerprint density at radius 2 is 2.21 bits per heavy atom. The van der Waals surface area contributed by atoms with Crippen molar-refractivity contribution in [1.29, 1.82) is 0 Å². The van der Waals surface area contributed by atoms with Crippen LogP contribution in [0.15, 0.2) is 22.0 Å². The van der Waals surface area contributed by atoms with E-state index >= 15 is 0 Å². The highest BCUT2D eigenvalue weighted by Crippen LogP contribution is 2.26. The first-order valence-electron chi connectivity index (χ1n) is 7.89. The largest absolute Gasteiger partial charge is 0.337 e. The fourth-order valence-electron chi connectivity index (χ4n) is 2.60. The molecular weight excluding hydrogens is 328 g/mol. The third-order valence-electron chi connectivity index (χ3n) is 4.07. The number of carbonyl (C=O) groups is 2. The summed E-state index contributed by atoms with van der Waals surface area (Å²) in [4.78, 5) is 31.1. The smallest absolute Gasteiger partial charge is 0.325 e. The topological polar surface area (TPSA) is 88.3 Å². The van der Waals surface area contributed by atoms with Gasteiger partial charge in [0.15, 0.2) is 0 Å². The number of aromatic nitrogens is 2. The molecule has 0 spiro atoms. The summed E-state index contributed by atoms with van der Waals surface area (Å²) in [6.07, 6.45) is 1.47. The molecule has 0 saturated carbocycles. The van der Waals surface area contributed by atoms with Gasteiger partial charge in [0.05, 0.1) is 4.88 Å². The lowest BCUT2D eigenvalue weighted by atomic mass is 9.92. The van der Waals surface area contributed by atoms with E-state index in [1.807, 2.05) is 17.5 Å². The van der Waals surface area contributed by atoms with E-state index in [1.165, 1.54) is 11.3 Å². The molecular formula is C16H20N4O3S. The first kappa shape index (κ1) is 16.6. The number of amides is 3. The molecule has 3 heterocycles. The molecule has 1 atom stereocenters. The Kier molecular flexibility index (Phi) is 4.40. The molecule has 1 saturated heterocycles. The van der Waals surface area contributed by atoms with E-state index in [9.17, 15) is 9.59 Å². The molecule has 128 valence electrons. The van der Waals surface area contributed by atoms with Crippen molar-refractivity contribution in [3.63, 3.8) is 0 Å². The predicted molar refractivity (Wildman–Crippen MR) is 89.2 cm³/mol. The van der Waals surface area contributed by atoms with Crippen LogP contribution < -0.4 is 5.32 Å². The number of hydrogen-bond acceptors (Lipinski definition) is 6. The van der Waals surface area contributed by atoms with Crippen LogP contribution in [0.5, 0.6) is 0 Å². The van der Waals surface area contributed by atoms with Gasteiger partial charge in [-0.25, -0.2) is 4.79 Å². The highest BCUT2D eigenvalue weighted by atomic mass is 32.1. The fraction of sp³-hybridized carbons (Fsp3) is 0.500. The monoisotopic (exact) mass is 348 g/mol. The van der Waals surface area contributed by atoms with Crippen molar-refractivity contribution in [2.75, 3.05) is 0 Å². The van der Waals surface area contributed by atoms with Crippen molar-refractivity contribution in [2.45, 2.75) is 45.7 Å². The molecule has 2 aromatic heterocycles. The van der Waals surface area contributed by atoms with Gasteiger partial charge in [0.1, 0.15) is 12.1 Å². The SMILES string of the molecule is CC(C)CC[C@]1(C)NC(=O)N(Cc2nc(-c3cccs3)no2)C1=O. The molecule has 1 aliphatic heterocycles. The van der Waals surface area contributed by atoms with E-state index in [0.717, 1.165) is 16.2 Å². The quantitative estimate of drug-likeness (QED) is 0.811. The van der Waals surface area contributed by atoms with Crippen LogP contribution in [0.4, 0.5) is 4.79 Å². The van der Waals surface area contributed by atoms with E-state index in [1.54, 1.807) is 6.92 Å².